The minimum absolute atomic E-state index is 0.647. The molecule has 0 unspecified atom stereocenters. The van der Waals surface area contributed by atoms with Gasteiger partial charge in [-0.2, -0.15) is 0 Å². The average Bonchev–Trinajstić information content (AvgIpc) is 2.39. The number of allylic oxidation sites excluding steroid dienone is 4. The lowest BCUT2D eigenvalue weighted by Gasteiger charge is -2.03. The van der Waals surface area contributed by atoms with E-state index >= 15 is 0 Å². The first-order valence-electron chi connectivity index (χ1n) is 6.52. The summed E-state index contributed by atoms with van der Waals surface area (Å²) in [6.45, 7) is 5.39. The zero-order valence-corrected chi connectivity index (χ0v) is 11.5. The molecule has 0 amide bonds. The normalized spacial score (nSPS) is 20.5. The first kappa shape index (κ1) is 15.1. The number of hydrogen-bond donors (Lipinski definition) is 1. The Balaban J connectivity index is 2.53. The Morgan fingerprint density at radius 2 is 2.16 bits per heavy atom. The van der Waals surface area contributed by atoms with Gasteiger partial charge in [-0.05, 0) is 25.1 Å². The number of hydrogen-bond acceptors (Lipinski definition) is 3. The van der Waals surface area contributed by atoms with Gasteiger partial charge in [-0.3, -0.25) is 15.0 Å². The SMILES string of the molecule is C=NCC/N=C/C(=N\CC1=C/CC=CC/C=C\1)NC. The van der Waals surface area contributed by atoms with Crippen molar-refractivity contribution in [2.75, 3.05) is 26.7 Å². The van der Waals surface area contributed by atoms with Gasteiger partial charge >= 0.3 is 0 Å². The van der Waals surface area contributed by atoms with Crippen LogP contribution in [0.15, 0.2) is 50.9 Å². The van der Waals surface area contributed by atoms with E-state index in [9.17, 15) is 0 Å². The molecule has 0 atom stereocenters. The van der Waals surface area contributed by atoms with Crippen molar-refractivity contribution in [3.63, 3.8) is 0 Å². The third kappa shape index (κ3) is 7.13. The predicted octanol–water partition coefficient (Wildman–Crippen LogP) is 2.21. The van der Waals surface area contributed by atoms with E-state index in [1.165, 1.54) is 5.57 Å². The van der Waals surface area contributed by atoms with Gasteiger partial charge in [-0.1, -0.05) is 30.4 Å². The van der Waals surface area contributed by atoms with Crippen LogP contribution in [0.25, 0.3) is 0 Å². The van der Waals surface area contributed by atoms with Gasteiger partial charge in [0.1, 0.15) is 5.84 Å². The Kier molecular flexibility index (Phi) is 7.94. The first-order valence-corrected chi connectivity index (χ1v) is 6.52. The molecule has 0 bridgehead atoms. The van der Waals surface area contributed by atoms with Crippen LogP contribution in [-0.4, -0.2) is 45.4 Å². The van der Waals surface area contributed by atoms with Gasteiger partial charge in [-0.25, -0.2) is 0 Å². The molecule has 0 fully saturated rings. The summed E-state index contributed by atoms with van der Waals surface area (Å²) >= 11 is 0. The Morgan fingerprint density at radius 1 is 1.32 bits per heavy atom. The molecule has 4 nitrogen and oxygen atoms in total. The second-order valence-electron chi connectivity index (χ2n) is 4.06. The fraction of sp³-hybridized carbons (Fsp3) is 0.400. The summed E-state index contributed by atoms with van der Waals surface area (Å²) in [5.41, 5.74) is 1.23. The van der Waals surface area contributed by atoms with Gasteiger partial charge in [-0.15, -0.1) is 0 Å². The minimum Gasteiger partial charge on any atom is -0.372 e. The van der Waals surface area contributed by atoms with Gasteiger partial charge in [0.25, 0.3) is 0 Å². The Morgan fingerprint density at radius 3 is 2.95 bits per heavy atom. The molecule has 1 aliphatic carbocycles. The first-order chi connectivity index (χ1) is 9.36. The molecular weight excluding hydrogens is 236 g/mol. The van der Waals surface area contributed by atoms with E-state index < -0.39 is 0 Å². The van der Waals surface area contributed by atoms with Crippen LogP contribution in [0.2, 0.25) is 0 Å². The Hall–Kier alpha value is -1.97. The monoisotopic (exact) mass is 258 g/mol. The molecule has 0 radical (unpaired) electrons. The summed E-state index contributed by atoms with van der Waals surface area (Å²) in [5, 5.41) is 3.04. The molecule has 0 saturated carbocycles. The highest BCUT2D eigenvalue weighted by molar-refractivity contribution is 6.29. The van der Waals surface area contributed by atoms with Crippen LogP contribution in [0, 0.1) is 0 Å². The molecule has 0 aromatic heterocycles. The van der Waals surface area contributed by atoms with Gasteiger partial charge in [0.15, 0.2) is 0 Å². The smallest absolute Gasteiger partial charge is 0.139 e. The minimum atomic E-state index is 0.647. The van der Waals surface area contributed by atoms with E-state index in [2.05, 4.69) is 57.4 Å². The highest BCUT2D eigenvalue weighted by atomic mass is 15.0. The van der Waals surface area contributed by atoms with Crippen LogP contribution in [0.4, 0.5) is 0 Å². The van der Waals surface area contributed by atoms with Gasteiger partial charge in [0.05, 0.1) is 25.8 Å². The second-order valence-corrected chi connectivity index (χ2v) is 4.06. The lowest BCUT2D eigenvalue weighted by molar-refractivity contribution is 0.987. The number of rotatable bonds is 6. The molecule has 0 saturated heterocycles. The van der Waals surface area contributed by atoms with Crippen molar-refractivity contribution in [2.24, 2.45) is 15.0 Å². The molecule has 1 aliphatic rings. The van der Waals surface area contributed by atoms with E-state index in [0.29, 0.717) is 19.6 Å². The topological polar surface area (TPSA) is 49.1 Å². The van der Waals surface area contributed by atoms with Crippen molar-refractivity contribution in [3.05, 3.63) is 36.0 Å². The van der Waals surface area contributed by atoms with Crippen LogP contribution < -0.4 is 5.32 Å². The van der Waals surface area contributed by atoms with Crippen molar-refractivity contribution >= 4 is 18.8 Å². The molecule has 0 spiro atoms. The standard InChI is InChI=1S/C15H22N4/c1-16-10-11-18-13-15(17-2)19-12-14-8-6-4-3-5-7-9-14/h3-4,7-9,13H,1,5-6,10-12H2,2H3,(H,17,19)/b4-3?,9-7-,14-8+,18-13+. The summed E-state index contributed by atoms with van der Waals surface area (Å²) in [7, 11) is 1.85. The summed E-state index contributed by atoms with van der Waals surface area (Å²) < 4.78 is 0. The van der Waals surface area contributed by atoms with Crippen molar-refractivity contribution in [1.82, 2.24) is 5.32 Å². The number of aliphatic imine (C=N–C) groups is 3. The number of nitrogens with zero attached hydrogens (tertiary/aromatic N) is 3. The maximum Gasteiger partial charge on any atom is 0.139 e. The van der Waals surface area contributed by atoms with Crippen LogP contribution >= 0.6 is 0 Å². The van der Waals surface area contributed by atoms with E-state index in [1.807, 2.05) is 7.05 Å². The van der Waals surface area contributed by atoms with Crippen molar-refractivity contribution in [3.8, 4) is 0 Å². The third-order valence-corrected chi connectivity index (χ3v) is 2.58. The molecule has 0 heterocycles. The van der Waals surface area contributed by atoms with E-state index in [0.717, 1.165) is 18.7 Å². The molecular formula is C15H22N4. The van der Waals surface area contributed by atoms with Crippen LogP contribution in [-0.2, 0) is 0 Å². The molecule has 19 heavy (non-hydrogen) atoms. The second kappa shape index (κ2) is 10.00. The van der Waals surface area contributed by atoms with Crippen molar-refractivity contribution in [2.45, 2.75) is 12.8 Å². The van der Waals surface area contributed by atoms with Gasteiger partial charge < -0.3 is 5.32 Å². The largest absolute Gasteiger partial charge is 0.372 e. The Labute approximate surface area is 115 Å². The summed E-state index contributed by atoms with van der Waals surface area (Å²) in [5.74, 6) is 0.788. The molecule has 0 aliphatic heterocycles. The average molecular weight is 258 g/mol. The van der Waals surface area contributed by atoms with Crippen molar-refractivity contribution < 1.29 is 0 Å². The molecule has 0 aromatic rings. The van der Waals surface area contributed by atoms with E-state index in [4.69, 9.17) is 0 Å². The van der Waals surface area contributed by atoms with Crippen LogP contribution in [0.5, 0.6) is 0 Å². The highest BCUT2D eigenvalue weighted by Crippen LogP contribution is 2.05. The van der Waals surface area contributed by atoms with Crippen LogP contribution in [0.3, 0.4) is 0 Å². The molecule has 4 heteroatoms. The maximum atomic E-state index is 4.50. The molecule has 0 aromatic carbocycles. The molecule has 102 valence electrons. The number of nitrogens with one attached hydrogen (secondary N) is 1. The zero-order chi connectivity index (χ0) is 13.8. The van der Waals surface area contributed by atoms with Gasteiger partial charge in [0.2, 0.25) is 0 Å². The lowest BCUT2D eigenvalue weighted by atomic mass is 10.1. The van der Waals surface area contributed by atoms with Crippen molar-refractivity contribution in [1.29, 1.82) is 0 Å². The van der Waals surface area contributed by atoms with E-state index in [1.54, 1.807) is 6.21 Å². The van der Waals surface area contributed by atoms with E-state index in [-0.39, 0.29) is 0 Å². The Bertz CT molecular complexity index is 414. The zero-order valence-electron chi connectivity index (χ0n) is 11.5. The summed E-state index contributed by atoms with van der Waals surface area (Å²) in [6, 6.07) is 0. The fourth-order valence-corrected chi connectivity index (χ4v) is 1.54. The lowest BCUT2D eigenvalue weighted by Crippen LogP contribution is -2.20. The third-order valence-electron chi connectivity index (χ3n) is 2.58. The molecule has 1 N–H and O–H groups in total. The number of amidine groups is 1. The summed E-state index contributed by atoms with van der Waals surface area (Å²) in [6.07, 6.45) is 14.6. The van der Waals surface area contributed by atoms with Crippen LogP contribution in [0.1, 0.15) is 12.8 Å². The predicted molar refractivity (Wildman–Crippen MR) is 84.7 cm³/mol. The highest BCUT2D eigenvalue weighted by Gasteiger charge is 1.95. The maximum absolute atomic E-state index is 4.50. The summed E-state index contributed by atoms with van der Waals surface area (Å²) in [4.78, 5) is 12.5. The van der Waals surface area contributed by atoms with Gasteiger partial charge in [0, 0.05) is 7.05 Å². The quantitative estimate of drug-likeness (QED) is 0.338. The fourth-order valence-electron chi connectivity index (χ4n) is 1.54. The molecule has 1 rings (SSSR count).